The highest BCUT2D eigenvalue weighted by Crippen LogP contribution is 2.34. The summed E-state index contributed by atoms with van der Waals surface area (Å²) < 4.78 is 1.40. The molecule has 0 bridgehead atoms. The molecule has 8 nitrogen and oxygen atoms in total. The van der Waals surface area contributed by atoms with E-state index >= 15 is 0 Å². The summed E-state index contributed by atoms with van der Waals surface area (Å²) in [5, 5.41) is 4.11. The van der Waals surface area contributed by atoms with Crippen molar-refractivity contribution in [1.82, 2.24) is 9.55 Å². The topological polar surface area (TPSA) is 119 Å². The average molecular weight is 454 g/mol. The van der Waals surface area contributed by atoms with Crippen LogP contribution in [0, 0.1) is 0 Å². The number of halogens is 3. The van der Waals surface area contributed by atoms with Crippen LogP contribution < -0.4 is 21.9 Å². The number of hydrogen-bond donors (Lipinski definition) is 3. The van der Waals surface area contributed by atoms with E-state index in [1.807, 2.05) is 0 Å². The van der Waals surface area contributed by atoms with Gasteiger partial charge in [0, 0.05) is 17.8 Å². The highest BCUT2D eigenvalue weighted by Gasteiger charge is 2.23. The minimum atomic E-state index is -0.568. The maximum Gasteiger partial charge on any atom is 0.272 e. The first-order valence-corrected chi connectivity index (χ1v) is 9.32. The largest absolute Gasteiger partial charge is 0.326 e. The van der Waals surface area contributed by atoms with Gasteiger partial charge < -0.3 is 11.1 Å². The third-order valence-corrected chi connectivity index (χ3v) is 5.00. The van der Waals surface area contributed by atoms with Gasteiger partial charge in [0.25, 0.3) is 5.91 Å². The molecule has 0 unspecified atom stereocenters. The van der Waals surface area contributed by atoms with Crippen molar-refractivity contribution >= 4 is 58.5 Å². The van der Waals surface area contributed by atoms with Crippen LogP contribution in [0.1, 0.15) is 16.1 Å². The predicted octanol–water partition coefficient (Wildman–Crippen LogP) is 3.38. The van der Waals surface area contributed by atoms with Crippen LogP contribution in [0.4, 0.5) is 11.4 Å². The van der Waals surface area contributed by atoms with E-state index in [1.165, 1.54) is 16.7 Å². The predicted molar refractivity (Wildman–Crippen MR) is 114 cm³/mol. The Morgan fingerprint density at radius 2 is 2.00 bits per heavy atom. The number of hydrogen-bond acceptors (Lipinski definition) is 5. The quantitative estimate of drug-likeness (QED) is 0.229. The van der Waals surface area contributed by atoms with Crippen molar-refractivity contribution < 1.29 is 9.59 Å². The fourth-order valence-electron chi connectivity index (χ4n) is 2.72. The van der Waals surface area contributed by atoms with Gasteiger partial charge in [0.15, 0.2) is 0 Å². The molecule has 0 aliphatic carbocycles. The molecule has 2 amide bonds. The summed E-state index contributed by atoms with van der Waals surface area (Å²) in [6, 6.07) is 9.55. The molecule has 150 valence electrons. The van der Waals surface area contributed by atoms with Crippen molar-refractivity contribution in [3.05, 3.63) is 69.1 Å². The van der Waals surface area contributed by atoms with E-state index < -0.39 is 5.91 Å². The summed E-state index contributed by atoms with van der Waals surface area (Å²) in [4.78, 5) is 28.5. The lowest BCUT2D eigenvalue weighted by Gasteiger charge is -2.20. The molecule has 2 aromatic heterocycles. The fourth-order valence-corrected chi connectivity index (χ4v) is 3.38. The second kappa shape index (κ2) is 8.81. The Kier molecular flexibility index (Phi) is 6.41. The Hall–Kier alpha value is -2.62. The molecule has 0 aliphatic heterocycles. The van der Waals surface area contributed by atoms with E-state index in [-0.39, 0.29) is 33.8 Å². The van der Waals surface area contributed by atoms with E-state index in [9.17, 15) is 9.59 Å². The van der Waals surface area contributed by atoms with Crippen LogP contribution in [-0.4, -0.2) is 21.9 Å². The number of carbonyl (C=O) groups excluding carboxylic acids is 2. The van der Waals surface area contributed by atoms with Crippen molar-refractivity contribution in [3.63, 3.8) is 0 Å². The number of rotatable bonds is 6. The number of nitrogens with zero attached hydrogens (tertiary/aromatic N) is 3. The van der Waals surface area contributed by atoms with Crippen LogP contribution in [0.3, 0.4) is 0 Å². The molecular formula is C18H15Cl3N6O2. The number of aromatic nitrogens is 2. The number of anilines is 2. The maximum atomic E-state index is 13.1. The molecule has 0 fully saturated rings. The Labute approximate surface area is 180 Å². The number of amides is 2. The van der Waals surface area contributed by atoms with Gasteiger partial charge in [0.2, 0.25) is 6.41 Å². The second-order valence-electron chi connectivity index (χ2n) is 5.82. The molecule has 0 radical (unpaired) electrons. The van der Waals surface area contributed by atoms with Gasteiger partial charge in [-0.15, -0.1) is 0 Å². The van der Waals surface area contributed by atoms with Gasteiger partial charge in [-0.05, 0) is 35.9 Å². The molecular weight excluding hydrogens is 439 g/mol. The lowest BCUT2D eigenvalue weighted by atomic mass is 10.1. The van der Waals surface area contributed by atoms with E-state index in [2.05, 4.69) is 10.3 Å². The van der Waals surface area contributed by atoms with E-state index in [4.69, 9.17) is 46.4 Å². The molecule has 11 heteroatoms. The van der Waals surface area contributed by atoms with Gasteiger partial charge in [-0.1, -0.05) is 40.9 Å². The summed E-state index contributed by atoms with van der Waals surface area (Å²) in [7, 11) is 0. The number of carbonyl (C=O) groups is 2. The summed E-state index contributed by atoms with van der Waals surface area (Å²) in [6.45, 7) is 0.0403. The Morgan fingerprint density at radius 3 is 2.62 bits per heavy atom. The third kappa shape index (κ3) is 4.21. The fraction of sp³-hybridized carbons (Fsp3) is 0.0556. The molecule has 0 atom stereocenters. The molecule has 3 rings (SSSR count). The zero-order valence-corrected chi connectivity index (χ0v) is 17.0. The number of nitrogens with one attached hydrogen (secondary N) is 1. The summed E-state index contributed by atoms with van der Waals surface area (Å²) >= 11 is 18.5. The van der Waals surface area contributed by atoms with Gasteiger partial charge in [-0.2, -0.15) is 0 Å². The smallest absolute Gasteiger partial charge is 0.272 e. The van der Waals surface area contributed by atoms with Crippen molar-refractivity contribution in [2.45, 2.75) is 6.54 Å². The minimum absolute atomic E-state index is 0.0403. The standard InChI is InChI=1S/C18H15Cl3N6O2/c19-11-5-10(8-22)16(13(6-11)26(23)9-28)25-18(29)14-7-12(20)17(21)27(14)15-3-1-2-4-24-15/h1-7,9H,8,22-23H2,(H,25,29). The highest BCUT2D eigenvalue weighted by molar-refractivity contribution is 6.42. The highest BCUT2D eigenvalue weighted by atomic mass is 35.5. The van der Waals surface area contributed by atoms with Crippen molar-refractivity contribution in [2.24, 2.45) is 11.6 Å². The molecule has 29 heavy (non-hydrogen) atoms. The third-order valence-electron chi connectivity index (χ3n) is 4.02. The zero-order chi connectivity index (χ0) is 21.1. The second-order valence-corrected chi connectivity index (χ2v) is 7.02. The first kappa shape index (κ1) is 21.1. The summed E-state index contributed by atoms with van der Waals surface area (Å²) in [5.41, 5.74) is 6.79. The summed E-state index contributed by atoms with van der Waals surface area (Å²) in [6.07, 6.45) is 1.94. The lowest BCUT2D eigenvalue weighted by molar-refractivity contribution is -0.107. The molecule has 1 aromatic carbocycles. The molecule has 5 N–H and O–H groups in total. The average Bonchev–Trinajstić information content (AvgIpc) is 3.03. The molecule has 0 aliphatic rings. The number of nitrogens with two attached hydrogens (primary N) is 2. The first-order chi connectivity index (χ1) is 13.9. The van der Waals surface area contributed by atoms with Gasteiger partial charge in [0.05, 0.1) is 16.4 Å². The van der Waals surface area contributed by atoms with Crippen LogP contribution in [0.5, 0.6) is 0 Å². The van der Waals surface area contributed by atoms with Crippen molar-refractivity contribution in [3.8, 4) is 5.82 Å². The monoisotopic (exact) mass is 452 g/mol. The van der Waals surface area contributed by atoms with Crippen LogP contribution in [0.2, 0.25) is 15.2 Å². The maximum absolute atomic E-state index is 13.1. The molecule has 2 heterocycles. The Balaban J connectivity index is 2.09. The molecule has 0 spiro atoms. The lowest BCUT2D eigenvalue weighted by Crippen LogP contribution is -2.31. The molecule has 0 saturated heterocycles. The number of benzene rings is 1. The van der Waals surface area contributed by atoms with Crippen LogP contribution in [-0.2, 0) is 11.3 Å². The van der Waals surface area contributed by atoms with E-state index in [0.29, 0.717) is 22.8 Å². The van der Waals surface area contributed by atoms with Crippen molar-refractivity contribution in [2.75, 3.05) is 10.3 Å². The molecule has 0 saturated carbocycles. The summed E-state index contributed by atoms with van der Waals surface area (Å²) in [5.74, 6) is 5.54. The zero-order valence-electron chi connectivity index (χ0n) is 14.8. The van der Waals surface area contributed by atoms with Crippen molar-refractivity contribution in [1.29, 1.82) is 0 Å². The minimum Gasteiger partial charge on any atom is -0.326 e. The Morgan fingerprint density at radius 1 is 1.24 bits per heavy atom. The van der Waals surface area contributed by atoms with Gasteiger partial charge >= 0.3 is 0 Å². The van der Waals surface area contributed by atoms with E-state index in [1.54, 1.807) is 30.5 Å². The van der Waals surface area contributed by atoms with Crippen LogP contribution in [0.25, 0.3) is 5.82 Å². The normalized spacial score (nSPS) is 10.7. The van der Waals surface area contributed by atoms with Gasteiger partial charge in [0.1, 0.15) is 16.7 Å². The van der Waals surface area contributed by atoms with Gasteiger partial charge in [-0.25, -0.2) is 15.8 Å². The SMILES string of the molecule is NCc1cc(Cl)cc(N(N)C=O)c1NC(=O)c1cc(Cl)c(Cl)n1-c1ccccn1. The molecule has 3 aromatic rings. The van der Waals surface area contributed by atoms with Crippen LogP contribution in [0.15, 0.2) is 42.6 Å². The first-order valence-electron chi connectivity index (χ1n) is 8.18. The number of pyridine rings is 1. The van der Waals surface area contributed by atoms with Crippen LogP contribution >= 0.6 is 34.8 Å². The van der Waals surface area contributed by atoms with E-state index in [0.717, 1.165) is 5.01 Å². The Bertz CT molecular complexity index is 1070. The van der Waals surface area contributed by atoms with Gasteiger partial charge in [-0.3, -0.25) is 14.2 Å². The number of hydrazine groups is 1.